The molecule has 2 aliphatic carbocycles. The van der Waals surface area contributed by atoms with Crippen LogP contribution in [0.15, 0.2) is 12.2 Å². The topological polar surface area (TPSA) is 35.5 Å². The first kappa shape index (κ1) is 7.56. The van der Waals surface area contributed by atoms with Crippen LogP contribution in [0.5, 0.6) is 0 Å². The van der Waals surface area contributed by atoms with E-state index in [0.717, 1.165) is 6.42 Å². The molecule has 1 saturated carbocycles. The third-order valence-corrected chi connectivity index (χ3v) is 3.57. The Morgan fingerprint density at radius 2 is 2.23 bits per heavy atom. The normalized spacial score (nSPS) is 51.2. The van der Waals surface area contributed by atoms with Gasteiger partial charge in [0.1, 0.15) is 0 Å². The highest BCUT2D eigenvalue weighted by Gasteiger charge is 2.57. The number of carbonyl (C=O) groups is 1. The first-order valence-electron chi connectivity index (χ1n) is 4.73. The Kier molecular flexibility index (Phi) is 1.37. The van der Waals surface area contributed by atoms with Crippen molar-refractivity contribution in [2.45, 2.75) is 12.7 Å². The van der Waals surface area contributed by atoms with Gasteiger partial charge in [0.25, 0.3) is 0 Å². The van der Waals surface area contributed by atoms with Gasteiger partial charge in [0.15, 0.2) is 0 Å². The van der Waals surface area contributed by atoms with E-state index in [2.05, 4.69) is 12.2 Å². The predicted molar refractivity (Wildman–Crippen MR) is 44.6 cm³/mol. The third kappa shape index (κ3) is 0.804. The maximum atomic E-state index is 11.5. The maximum Gasteiger partial charge on any atom is 0.312 e. The Morgan fingerprint density at radius 3 is 3.00 bits per heavy atom. The monoisotopic (exact) mass is 180 g/mol. The van der Waals surface area contributed by atoms with Crippen molar-refractivity contribution >= 4 is 5.97 Å². The molecular weight excluding hydrogens is 168 g/mol. The SMILES string of the molecule is CO[C@@H]1OC(=O)[C@@H]2[C@H]1[C@@H]1C=C[C@H]2C1. The Labute approximate surface area is 76.7 Å². The summed E-state index contributed by atoms with van der Waals surface area (Å²) in [5.41, 5.74) is 0. The van der Waals surface area contributed by atoms with Gasteiger partial charge in [-0.1, -0.05) is 12.2 Å². The molecule has 0 aromatic rings. The Balaban J connectivity index is 1.97. The fourth-order valence-corrected chi connectivity index (χ4v) is 3.04. The van der Waals surface area contributed by atoms with Gasteiger partial charge >= 0.3 is 5.97 Å². The van der Waals surface area contributed by atoms with Gasteiger partial charge in [-0.25, -0.2) is 0 Å². The van der Waals surface area contributed by atoms with Gasteiger partial charge in [-0.3, -0.25) is 4.79 Å². The van der Waals surface area contributed by atoms with Gasteiger partial charge in [-0.15, -0.1) is 0 Å². The van der Waals surface area contributed by atoms with Crippen molar-refractivity contribution in [3.05, 3.63) is 12.2 Å². The molecule has 0 unspecified atom stereocenters. The second-order valence-electron chi connectivity index (χ2n) is 4.09. The summed E-state index contributed by atoms with van der Waals surface area (Å²) in [5.74, 6) is 1.23. The molecule has 0 radical (unpaired) electrons. The molecular formula is C10H12O3. The lowest BCUT2D eigenvalue weighted by Gasteiger charge is -2.20. The third-order valence-electron chi connectivity index (χ3n) is 3.57. The zero-order chi connectivity index (χ0) is 9.00. The van der Waals surface area contributed by atoms with Crippen LogP contribution >= 0.6 is 0 Å². The van der Waals surface area contributed by atoms with Gasteiger partial charge in [-0.2, -0.15) is 0 Å². The van der Waals surface area contributed by atoms with E-state index in [9.17, 15) is 4.79 Å². The van der Waals surface area contributed by atoms with Crippen LogP contribution in [0.4, 0.5) is 0 Å². The van der Waals surface area contributed by atoms with Gasteiger partial charge in [0.05, 0.1) is 5.92 Å². The zero-order valence-corrected chi connectivity index (χ0v) is 7.47. The van der Waals surface area contributed by atoms with Gasteiger partial charge in [0, 0.05) is 13.0 Å². The molecule has 0 amide bonds. The number of rotatable bonds is 1. The first-order valence-corrected chi connectivity index (χ1v) is 4.73. The fourth-order valence-electron chi connectivity index (χ4n) is 3.04. The average Bonchev–Trinajstić information content (AvgIpc) is 2.76. The number of fused-ring (bicyclic) bond motifs is 5. The summed E-state index contributed by atoms with van der Waals surface area (Å²) in [6.07, 6.45) is 5.19. The van der Waals surface area contributed by atoms with E-state index < -0.39 is 0 Å². The lowest BCUT2D eigenvalue weighted by atomic mass is 9.85. The van der Waals surface area contributed by atoms with Crippen LogP contribution in [0.3, 0.4) is 0 Å². The molecule has 0 aromatic heterocycles. The molecule has 70 valence electrons. The van der Waals surface area contributed by atoms with Crippen LogP contribution in [-0.2, 0) is 14.3 Å². The first-order chi connectivity index (χ1) is 6.31. The summed E-state index contributed by atoms with van der Waals surface area (Å²) < 4.78 is 10.3. The van der Waals surface area contributed by atoms with Gasteiger partial charge in [-0.05, 0) is 18.3 Å². The van der Waals surface area contributed by atoms with Crippen LogP contribution in [0.25, 0.3) is 0 Å². The van der Waals surface area contributed by atoms with Crippen molar-refractivity contribution in [2.75, 3.05) is 7.11 Å². The number of hydrogen-bond acceptors (Lipinski definition) is 3. The molecule has 0 spiro atoms. The molecule has 2 fully saturated rings. The summed E-state index contributed by atoms with van der Waals surface area (Å²) in [6.45, 7) is 0. The summed E-state index contributed by atoms with van der Waals surface area (Å²) in [6, 6.07) is 0. The van der Waals surface area contributed by atoms with Crippen molar-refractivity contribution < 1.29 is 14.3 Å². The second kappa shape index (κ2) is 2.35. The smallest absolute Gasteiger partial charge is 0.312 e. The summed E-state index contributed by atoms with van der Waals surface area (Å²) in [7, 11) is 1.61. The number of ether oxygens (including phenoxy) is 2. The van der Waals surface area contributed by atoms with Crippen molar-refractivity contribution in [3.63, 3.8) is 0 Å². The number of carbonyl (C=O) groups excluding carboxylic acids is 1. The number of allylic oxidation sites excluding steroid dienone is 2. The van der Waals surface area contributed by atoms with Gasteiger partial charge in [0.2, 0.25) is 6.29 Å². The molecule has 0 aromatic carbocycles. The minimum atomic E-state index is -0.294. The molecule has 3 heteroatoms. The molecule has 1 aliphatic heterocycles. The van der Waals surface area contributed by atoms with E-state index >= 15 is 0 Å². The van der Waals surface area contributed by atoms with Crippen molar-refractivity contribution in [3.8, 4) is 0 Å². The molecule has 3 aliphatic rings. The van der Waals surface area contributed by atoms with Gasteiger partial charge < -0.3 is 9.47 Å². The lowest BCUT2D eigenvalue weighted by molar-refractivity contribution is -0.164. The highest BCUT2D eigenvalue weighted by Crippen LogP contribution is 2.53. The standard InChI is InChI=1S/C10H12O3/c1-12-10-8-6-3-2-5(4-6)7(8)9(11)13-10/h2-3,5-8,10H,4H2,1H3/t5-,6+,7-,8+,10+/m0/s1. The second-order valence-corrected chi connectivity index (χ2v) is 4.09. The van der Waals surface area contributed by atoms with E-state index in [1.807, 2.05) is 0 Å². The van der Waals surface area contributed by atoms with E-state index in [4.69, 9.17) is 9.47 Å². The molecule has 2 bridgehead atoms. The molecule has 13 heavy (non-hydrogen) atoms. The van der Waals surface area contributed by atoms with Crippen molar-refractivity contribution in [1.82, 2.24) is 0 Å². The molecule has 5 atom stereocenters. The number of hydrogen-bond donors (Lipinski definition) is 0. The number of esters is 1. The highest BCUT2D eigenvalue weighted by atomic mass is 16.7. The minimum absolute atomic E-state index is 0.0614. The van der Waals surface area contributed by atoms with Crippen LogP contribution in [0, 0.1) is 23.7 Å². The van der Waals surface area contributed by atoms with E-state index in [-0.39, 0.29) is 24.1 Å². The quantitative estimate of drug-likeness (QED) is 0.445. The highest BCUT2D eigenvalue weighted by molar-refractivity contribution is 5.77. The lowest BCUT2D eigenvalue weighted by Crippen LogP contribution is -2.25. The summed E-state index contributed by atoms with van der Waals surface area (Å²) in [5, 5.41) is 0. The van der Waals surface area contributed by atoms with E-state index in [0.29, 0.717) is 11.8 Å². The fraction of sp³-hybridized carbons (Fsp3) is 0.700. The van der Waals surface area contributed by atoms with Crippen LogP contribution in [0.1, 0.15) is 6.42 Å². The van der Waals surface area contributed by atoms with Crippen LogP contribution in [0.2, 0.25) is 0 Å². The molecule has 3 nitrogen and oxygen atoms in total. The van der Waals surface area contributed by atoms with Crippen LogP contribution in [-0.4, -0.2) is 19.4 Å². The average molecular weight is 180 g/mol. The van der Waals surface area contributed by atoms with Crippen molar-refractivity contribution in [1.29, 1.82) is 0 Å². The molecule has 0 N–H and O–H groups in total. The maximum absolute atomic E-state index is 11.5. The summed E-state index contributed by atoms with van der Waals surface area (Å²) in [4.78, 5) is 11.5. The molecule has 1 saturated heterocycles. The van der Waals surface area contributed by atoms with Crippen molar-refractivity contribution in [2.24, 2.45) is 23.7 Å². The summed E-state index contributed by atoms with van der Waals surface area (Å²) >= 11 is 0. The zero-order valence-electron chi connectivity index (χ0n) is 7.47. The number of methoxy groups -OCH3 is 1. The number of cyclic esters (lactones) is 1. The van der Waals surface area contributed by atoms with E-state index in [1.165, 1.54) is 0 Å². The van der Waals surface area contributed by atoms with Crippen LogP contribution < -0.4 is 0 Å². The van der Waals surface area contributed by atoms with E-state index in [1.54, 1.807) is 7.11 Å². The molecule has 3 rings (SSSR count). The minimum Gasteiger partial charge on any atom is -0.435 e. The Bertz CT molecular complexity index is 284. The Hall–Kier alpha value is -0.830. The largest absolute Gasteiger partial charge is 0.435 e. The molecule has 1 heterocycles. The predicted octanol–water partition coefficient (Wildman–Crippen LogP) is 0.954. The Morgan fingerprint density at radius 1 is 1.46 bits per heavy atom.